The molecule has 0 bridgehead atoms. The molecule has 1 amide bonds. The summed E-state index contributed by atoms with van der Waals surface area (Å²) in [5, 5.41) is 3.93. The maximum absolute atomic E-state index is 12.0. The summed E-state index contributed by atoms with van der Waals surface area (Å²) in [6, 6.07) is 10.8. The molecule has 7 heteroatoms. The van der Waals surface area contributed by atoms with Crippen molar-refractivity contribution in [1.82, 2.24) is 4.98 Å². The summed E-state index contributed by atoms with van der Waals surface area (Å²) in [6.45, 7) is 1.78. The number of anilines is 1. The fourth-order valence-corrected chi connectivity index (χ4v) is 3.12. The summed E-state index contributed by atoms with van der Waals surface area (Å²) in [6.07, 6.45) is 0. The number of thiazole rings is 1. The highest BCUT2D eigenvalue weighted by Crippen LogP contribution is 2.29. The third kappa shape index (κ3) is 3.77. The van der Waals surface area contributed by atoms with Gasteiger partial charge in [-0.05, 0) is 48.9 Å². The number of benzene rings is 2. The number of nitrogens with zero attached hydrogens (tertiary/aromatic N) is 1. The molecule has 5 nitrogen and oxygen atoms in total. The molecule has 2 aromatic carbocycles. The molecular formula is C17H15ClN2O3S. The number of fused-ring (bicyclic) bond motifs is 1. The zero-order valence-corrected chi connectivity index (χ0v) is 14.7. The summed E-state index contributed by atoms with van der Waals surface area (Å²) in [7, 11) is 1.61. The molecule has 24 heavy (non-hydrogen) atoms. The van der Waals surface area contributed by atoms with Gasteiger partial charge in [0.1, 0.15) is 11.5 Å². The van der Waals surface area contributed by atoms with Crippen LogP contribution in [0.4, 0.5) is 5.13 Å². The molecule has 0 spiro atoms. The third-order valence-electron chi connectivity index (χ3n) is 3.34. The molecular weight excluding hydrogens is 348 g/mol. The minimum Gasteiger partial charge on any atom is -0.497 e. The van der Waals surface area contributed by atoms with Crippen molar-refractivity contribution in [2.24, 2.45) is 0 Å². The van der Waals surface area contributed by atoms with Gasteiger partial charge >= 0.3 is 0 Å². The number of carbonyl (C=O) groups is 1. The molecule has 3 rings (SSSR count). The predicted octanol–water partition coefficient (Wildman–Crippen LogP) is 4.28. The Labute approximate surface area is 148 Å². The number of hydrogen-bond acceptors (Lipinski definition) is 5. The van der Waals surface area contributed by atoms with Crippen LogP contribution in [0.2, 0.25) is 5.02 Å². The van der Waals surface area contributed by atoms with E-state index < -0.39 is 0 Å². The van der Waals surface area contributed by atoms with Crippen LogP contribution in [0.25, 0.3) is 10.2 Å². The van der Waals surface area contributed by atoms with Crippen LogP contribution in [0.15, 0.2) is 36.4 Å². The first kappa shape index (κ1) is 16.5. The van der Waals surface area contributed by atoms with Crippen molar-refractivity contribution < 1.29 is 14.3 Å². The molecule has 0 saturated carbocycles. The Kier molecular flexibility index (Phi) is 4.87. The summed E-state index contributed by atoms with van der Waals surface area (Å²) in [5.74, 6) is 1.08. The minimum absolute atomic E-state index is 0.0969. The van der Waals surface area contributed by atoms with Gasteiger partial charge in [-0.3, -0.25) is 10.1 Å². The van der Waals surface area contributed by atoms with Crippen LogP contribution >= 0.6 is 22.9 Å². The lowest BCUT2D eigenvalue weighted by Crippen LogP contribution is -2.20. The molecule has 3 aromatic rings. The van der Waals surface area contributed by atoms with Crippen molar-refractivity contribution in [2.45, 2.75) is 6.92 Å². The second-order valence-corrected chi connectivity index (χ2v) is 6.54. The van der Waals surface area contributed by atoms with E-state index in [4.69, 9.17) is 21.1 Å². The van der Waals surface area contributed by atoms with Crippen molar-refractivity contribution in [1.29, 1.82) is 0 Å². The van der Waals surface area contributed by atoms with Crippen LogP contribution in [0.5, 0.6) is 11.5 Å². The second-order valence-electron chi connectivity index (χ2n) is 5.10. The highest BCUT2D eigenvalue weighted by atomic mass is 35.5. The SMILES string of the molecule is COc1ccc2nc(NC(=O)COc3ccc(Cl)c(C)c3)sc2c1. The van der Waals surface area contributed by atoms with Crippen LogP contribution in [0.1, 0.15) is 5.56 Å². The van der Waals surface area contributed by atoms with Gasteiger partial charge in [0.05, 0.1) is 17.3 Å². The van der Waals surface area contributed by atoms with Crippen molar-refractivity contribution in [3.63, 3.8) is 0 Å². The number of aromatic nitrogens is 1. The molecule has 1 N–H and O–H groups in total. The minimum atomic E-state index is -0.270. The first-order chi connectivity index (χ1) is 11.5. The van der Waals surface area contributed by atoms with Crippen molar-refractivity contribution in [3.8, 4) is 11.5 Å². The van der Waals surface area contributed by atoms with E-state index in [2.05, 4.69) is 10.3 Å². The Morgan fingerprint density at radius 1 is 1.25 bits per heavy atom. The maximum atomic E-state index is 12.0. The molecule has 0 radical (unpaired) electrons. The first-order valence-corrected chi connectivity index (χ1v) is 8.38. The Hall–Kier alpha value is -2.31. The summed E-state index contributed by atoms with van der Waals surface area (Å²) in [5.41, 5.74) is 1.71. The van der Waals surface area contributed by atoms with E-state index in [1.54, 1.807) is 25.3 Å². The number of rotatable bonds is 5. The number of nitrogens with one attached hydrogen (secondary N) is 1. The van der Waals surface area contributed by atoms with E-state index in [9.17, 15) is 4.79 Å². The molecule has 0 atom stereocenters. The lowest BCUT2D eigenvalue weighted by atomic mass is 10.2. The van der Waals surface area contributed by atoms with E-state index >= 15 is 0 Å². The molecule has 0 aliphatic carbocycles. The lowest BCUT2D eigenvalue weighted by Gasteiger charge is -2.07. The average Bonchev–Trinajstić information content (AvgIpc) is 2.97. The topological polar surface area (TPSA) is 60.5 Å². The fourth-order valence-electron chi connectivity index (χ4n) is 2.10. The standard InChI is InChI=1S/C17H15ClN2O3S/c1-10-7-12(3-5-13(10)18)23-9-16(21)20-17-19-14-6-4-11(22-2)8-15(14)24-17/h3-8H,9H2,1-2H3,(H,19,20,21). The molecule has 0 aliphatic heterocycles. The Morgan fingerprint density at radius 2 is 2.04 bits per heavy atom. The number of aryl methyl sites for hydroxylation is 1. The molecule has 124 valence electrons. The van der Waals surface area contributed by atoms with Crippen molar-refractivity contribution in [2.75, 3.05) is 19.0 Å². The Morgan fingerprint density at radius 3 is 2.79 bits per heavy atom. The zero-order chi connectivity index (χ0) is 17.1. The Balaban J connectivity index is 1.63. The van der Waals surface area contributed by atoms with Gasteiger partial charge in [-0.15, -0.1) is 0 Å². The number of carbonyl (C=O) groups excluding carboxylic acids is 1. The van der Waals surface area contributed by atoms with E-state index in [0.717, 1.165) is 21.5 Å². The predicted molar refractivity (Wildman–Crippen MR) is 96.5 cm³/mol. The zero-order valence-electron chi connectivity index (χ0n) is 13.1. The molecule has 0 fully saturated rings. The molecule has 0 unspecified atom stereocenters. The third-order valence-corrected chi connectivity index (χ3v) is 4.70. The van der Waals surface area contributed by atoms with Gasteiger partial charge in [0.25, 0.3) is 5.91 Å². The summed E-state index contributed by atoms with van der Waals surface area (Å²) in [4.78, 5) is 16.4. The first-order valence-electron chi connectivity index (χ1n) is 7.18. The van der Waals surface area contributed by atoms with Gasteiger partial charge in [-0.1, -0.05) is 22.9 Å². The van der Waals surface area contributed by atoms with Crippen LogP contribution in [-0.4, -0.2) is 24.6 Å². The number of amides is 1. The van der Waals surface area contributed by atoms with Gasteiger partial charge in [0.15, 0.2) is 11.7 Å². The van der Waals surface area contributed by atoms with Crippen LogP contribution < -0.4 is 14.8 Å². The second kappa shape index (κ2) is 7.07. The van der Waals surface area contributed by atoms with E-state index in [1.807, 2.05) is 25.1 Å². The van der Waals surface area contributed by atoms with Crippen molar-refractivity contribution in [3.05, 3.63) is 47.0 Å². The number of hydrogen-bond donors (Lipinski definition) is 1. The van der Waals surface area contributed by atoms with Gasteiger partial charge in [-0.25, -0.2) is 4.98 Å². The average molecular weight is 363 g/mol. The van der Waals surface area contributed by atoms with Gasteiger partial charge in [0.2, 0.25) is 0 Å². The largest absolute Gasteiger partial charge is 0.497 e. The number of methoxy groups -OCH3 is 1. The number of ether oxygens (including phenoxy) is 2. The number of halogens is 1. The smallest absolute Gasteiger partial charge is 0.264 e. The van der Waals surface area contributed by atoms with Gasteiger partial charge in [0, 0.05) is 5.02 Å². The van der Waals surface area contributed by atoms with Crippen LogP contribution in [0, 0.1) is 6.92 Å². The quantitative estimate of drug-likeness (QED) is 0.735. The van der Waals surface area contributed by atoms with E-state index in [0.29, 0.717) is 15.9 Å². The van der Waals surface area contributed by atoms with E-state index in [-0.39, 0.29) is 12.5 Å². The highest BCUT2D eigenvalue weighted by molar-refractivity contribution is 7.22. The summed E-state index contributed by atoms with van der Waals surface area (Å²) >= 11 is 7.35. The van der Waals surface area contributed by atoms with Gasteiger partial charge < -0.3 is 9.47 Å². The molecule has 1 heterocycles. The van der Waals surface area contributed by atoms with E-state index in [1.165, 1.54) is 11.3 Å². The Bertz CT molecular complexity index is 895. The summed E-state index contributed by atoms with van der Waals surface area (Å²) < 4.78 is 11.6. The normalized spacial score (nSPS) is 10.6. The molecule has 0 saturated heterocycles. The van der Waals surface area contributed by atoms with Crippen molar-refractivity contribution >= 4 is 44.2 Å². The fraction of sp³-hybridized carbons (Fsp3) is 0.176. The highest BCUT2D eigenvalue weighted by Gasteiger charge is 2.09. The van der Waals surface area contributed by atoms with Crippen LogP contribution in [0.3, 0.4) is 0 Å². The maximum Gasteiger partial charge on any atom is 0.264 e. The van der Waals surface area contributed by atoms with Crippen LogP contribution in [-0.2, 0) is 4.79 Å². The van der Waals surface area contributed by atoms with Gasteiger partial charge in [-0.2, -0.15) is 0 Å². The molecule has 0 aliphatic rings. The lowest BCUT2D eigenvalue weighted by molar-refractivity contribution is -0.118. The molecule has 1 aromatic heterocycles. The monoisotopic (exact) mass is 362 g/mol.